The summed E-state index contributed by atoms with van der Waals surface area (Å²) in [5, 5.41) is 20.6. The first kappa shape index (κ1) is 27.4. The molecule has 2 aromatic carbocycles. The molecule has 1 fully saturated rings. The van der Waals surface area contributed by atoms with Crippen molar-refractivity contribution < 1.29 is 24.1 Å². The van der Waals surface area contributed by atoms with Gasteiger partial charge in [-0.05, 0) is 68.7 Å². The third kappa shape index (κ3) is 5.72. The van der Waals surface area contributed by atoms with Crippen molar-refractivity contribution in [2.75, 3.05) is 37.1 Å². The van der Waals surface area contributed by atoms with Crippen LogP contribution in [0.1, 0.15) is 43.4 Å². The summed E-state index contributed by atoms with van der Waals surface area (Å²) in [6.07, 6.45) is 3.20. The van der Waals surface area contributed by atoms with E-state index in [1.165, 1.54) is 24.5 Å². The minimum Gasteiger partial charge on any atom is -0.508 e. The molecule has 0 amide bonds. The van der Waals surface area contributed by atoms with Crippen LogP contribution < -0.4 is 19.3 Å². The normalized spacial score (nSPS) is 15.8. The Morgan fingerprint density at radius 2 is 1.95 bits per heavy atom. The average Bonchev–Trinajstić information content (AvgIpc) is 3.45. The number of phenols is 1. The number of anilines is 2. The van der Waals surface area contributed by atoms with E-state index in [1.54, 1.807) is 21.1 Å². The van der Waals surface area contributed by atoms with E-state index >= 15 is 0 Å². The van der Waals surface area contributed by atoms with Gasteiger partial charge < -0.3 is 29.5 Å². The maximum Gasteiger partial charge on any atom is 0.159 e. The summed E-state index contributed by atoms with van der Waals surface area (Å²) < 4.78 is 25.1. The van der Waals surface area contributed by atoms with Crippen LogP contribution in [0.15, 0.2) is 54.9 Å². The molecule has 2 aromatic heterocycles. The Labute approximate surface area is 232 Å². The Bertz CT molecular complexity index is 1480. The number of halogens is 1. The molecule has 2 unspecified atom stereocenters. The standard InChI is InChI=1S/C30H34FN5O4/c1-19(37)12-14-35(17-20-6-8-22(39-2)16-27(20)40-3)30-29-24(32-18-33-30)9-11-28(34-29)36-13-4-5-25(36)23-15-21(31)7-10-26(23)38/h6-11,15-16,18-19,25,37-38H,4-5,12-14,17H2,1-3H3. The van der Waals surface area contributed by atoms with Crippen LogP contribution in [-0.4, -0.2) is 58.6 Å². The van der Waals surface area contributed by atoms with Crippen LogP contribution in [0.4, 0.5) is 16.0 Å². The van der Waals surface area contributed by atoms with Crippen molar-refractivity contribution in [3.8, 4) is 17.2 Å². The lowest BCUT2D eigenvalue weighted by Gasteiger charge is -2.28. The molecule has 3 heterocycles. The van der Waals surface area contributed by atoms with Crippen LogP contribution in [0, 0.1) is 5.82 Å². The molecule has 1 aliphatic rings. The maximum absolute atomic E-state index is 14.1. The van der Waals surface area contributed by atoms with Crippen LogP contribution in [-0.2, 0) is 6.54 Å². The van der Waals surface area contributed by atoms with Gasteiger partial charge in [0.1, 0.15) is 40.7 Å². The first-order valence-corrected chi connectivity index (χ1v) is 13.4. The molecule has 0 radical (unpaired) electrons. The second-order valence-electron chi connectivity index (χ2n) is 10.0. The van der Waals surface area contributed by atoms with Crippen molar-refractivity contribution in [2.24, 2.45) is 0 Å². The lowest BCUT2D eigenvalue weighted by Crippen LogP contribution is -2.28. The van der Waals surface area contributed by atoms with Gasteiger partial charge in [-0.15, -0.1) is 0 Å². The molecule has 1 saturated heterocycles. The number of rotatable bonds is 10. The number of nitrogens with zero attached hydrogens (tertiary/aromatic N) is 5. The molecule has 2 N–H and O–H groups in total. The van der Waals surface area contributed by atoms with Gasteiger partial charge in [-0.3, -0.25) is 0 Å². The van der Waals surface area contributed by atoms with Gasteiger partial charge in [-0.25, -0.2) is 19.3 Å². The van der Waals surface area contributed by atoms with Gasteiger partial charge in [0.15, 0.2) is 5.82 Å². The van der Waals surface area contributed by atoms with Crippen molar-refractivity contribution >= 4 is 22.7 Å². The second kappa shape index (κ2) is 11.9. The van der Waals surface area contributed by atoms with Gasteiger partial charge in [-0.2, -0.15) is 0 Å². The fraction of sp³-hybridized carbons (Fsp3) is 0.367. The summed E-state index contributed by atoms with van der Waals surface area (Å²) in [5.41, 5.74) is 2.78. The quantitative estimate of drug-likeness (QED) is 0.284. The van der Waals surface area contributed by atoms with Gasteiger partial charge >= 0.3 is 0 Å². The molecular formula is C30H34FN5O4. The van der Waals surface area contributed by atoms with E-state index in [1.807, 2.05) is 30.3 Å². The minimum absolute atomic E-state index is 0.0702. The fourth-order valence-electron chi connectivity index (χ4n) is 5.26. The highest BCUT2D eigenvalue weighted by molar-refractivity contribution is 5.87. The molecule has 9 nitrogen and oxygen atoms in total. The van der Waals surface area contributed by atoms with E-state index < -0.39 is 6.10 Å². The van der Waals surface area contributed by atoms with E-state index in [0.29, 0.717) is 59.2 Å². The number of aliphatic hydroxyl groups excluding tert-OH is 1. The van der Waals surface area contributed by atoms with Gasteiger partial charge in [-0.1, -0.05) is 0 Å². The average molecular weight is 548 g/mol. The Balaban J connectivity index is 1.54. The number of ether oxygens (including phenoxy) is 2. The summed E-state index contributed by atoms with van der Waals surface area (Å²) in [5.74, 6) is 2.40. The first-order chi connectivity index (χ1) is 19.4. The number of benzene rings is 2. The Morgan fingerprint density at radius 3 is 2.73 bits per heavy atom. The summed E-state index contributed by atoms with van der Waals surface area (Å²) in [6, 6.07) is 13.3. The molecule has 40 heavy (non-hydrogen) atoms. The zero-order valence-electron chi connectivity index (χ0n) is 22.9. The van der Waals surface area contributed by atoms with Crippen molar-refractivity contribution in [1.29, 1.82) is 0 Å². The summed E-state index contributed by atoms with van der Waals surface area (Å²) >= 11 is 0. The van der Waals surface area contributed by atoms with Crippen molar-refractivity contribution in [3.63, 3.8) is 0 Å². The number of hydrogen-bond acceptors (Lipinski definition) is 9. The van der Waals surface area contributed by atoms with Crippen LogP contribution >= 0.6 is 0 Å². The lowest BCUT2D eigenvalue weighted by molar-refractivity contribution is 0.186. The Hall–Kier alpha value is -4.18. The number of aromatic nitrogens is 3. The first-order valence-electron chi connectivity index (χ1n) is 13.4. The molecular weight excluding hydrogens is 513 g/mol. The van der Waals surface area contributed by atoms with Gasteiger partial charge in [0.2, 0.25) is 0 Å². The number of hydrogen-bond donors (Lipinski definition) is 2. The van der Waals surface area contributed by atoms with E-state index in [9.17, 15) is 14.6 Å². The summed E-state index contributed by atoms with van der Waals surface area (Å²) in [4.78, 5) is 18.3. The van der Waals surface area contributed by atoms with Gasteiger partial charge in [0, 0.05) is 36.8 Å². The van der Waals surface area contributed by atoms with E-state index in [2.05, 4.69) is 19.8 Å². The van der Waals surface area contributed by atoms with Crippen molar-refractivity contribution in [2.45, 2.75) is 44.9 Å². The topological polar surface area (TPSA) is 104 Å². The van der Waals surface area contributed by atoms with E-state index in [-0.39, 0.29) is 17.6 Å². The SMILES string of the molecule is COc1ccc(CN(CCC(C)O)c2ncnc3ccc(N4CCCC4c4cc(F)ccc4O)nc23)c(OC)c1. The number of pyridine rings is 1. The van der Waals surface area contributed by atoms with Gasteiger partial charge in [0.25, 0.3) is 0 Å². The molecule has 10 heteroatoms. The van der Waals surface area contributed by atoms with Gasteiger partial charge in [0.05, 0.1) is 31.9 Å². The monoisotopic (exact) mass is 547 g/mol. The zero-order valence-corrected chi connectivity index (χ0v) is 22.9. The van der Waals surface area contributed by atoms with Crippen molar-refractivity contribution in [3.05, 3.63) is 71.8 Å². The van der Waals surface area contributed by atoms with Crippen molar-refractivity contribution in [1.82, 2.24) is 15.0 Å². The van der Waals surface area contributed by atoms with E-state index in [4.69, 9.17) is 14.5 Å². The highest BCUT2D eigenvalue weighted by Crippen LogP contribution is 2.40. The Kier molecular flexibility index (Phi) is 8.16. The molecule has 210 valence electrons. The molecule has 0 spiro atoms. The lowest BCUT2D eigenvalue weighted by atomic mass is 10.0. The predicted molar refractivity (Wildman–Crippen MR) is 152 cm³/mol. The minimum atomic E-state index is -0.499. The number of aliphatic hydroxyl groups is 1. The molecule has 0 bridgehead atoms. The summed E-state index contributed by atoms with van der Waals surface area (Å²) in [6.45, 7) is 3.46. The number of fused-ring (bicyclic) bond motifs is 1. The zero-order chi connectivity index (χ0) is 28.2. The second-order valence-corrected chi connectivity index (χ2v) is 10.0. The molecule has 2 atom stereocenters. The third-order valence-electron chi connectivity index (χ3n) is 7.32. The smallest absolute Gasteiger partial charge is 0.159 e. The molecule has 1 aliphatic heterocycles. The fourth-order valence-corrected chi connectivity index (χ4v) is 5.26. The molecule has 5 rings (SSSR count). The molecule has 0 aliphatic carbocycles. The predicted octanol–water partition coefficient (Wildman–Crippen LogP) is 5.01. The van der Waals surface area contributed by atoms with Crippen LogP contribution in [0.2, 0.25) is 0 Å². The number of phenolic OH excluding ortho intramolecular Hbond substituents is 1. The van der Waals surface area contributed by atoms with Crippen LogP contribution in [0.3, 0.4) is 0 Å². The van der Waals surface area contributed by atoms with Crippen LogP contribution in [0.5, 0.6) is 17.2 Å². The highest BCUT2D eigenvalue weighted by atomic mass is 19.1. The Morgan fingerprint density at radius 1 is 1.10 bits per heavy atom. The molecule has 4 aromatic rings. The maximum atomic E-state index is 14.1. The number of methoxy groups -OCH3 is 2. The highest BCUT2D eigenvalue weighted by Gasteiger charge is 2.30. The molecule has 0 saturated carbocycles. The summed E-state index contributed by atoms with van der Waals surface area (Å²) in [7, 11) is 3.23. The van der Waals surface area contributed by atoms with Crippen LogP contribution in [0.25, 0.3) is 11.0 Å². The largest absolute Gasteiger partial charge is 0.508 e. The third-order valence-corrected chi connectivity index (χ3v) is 7.32. The van der Waals surface area contributed by atoms with E-state index in [0.717, 1.165) is 24.9 Å². The number of aromatic hydroxyl groups is 1.